The van der Waals surface area contributed by atoms with Gasteiger partial charge in [-0.25, -0.2) is 0 Å². The molecule has 3 heteroatoms. The first-order chi connectivity index (χ1) is 7.61. The Hall–Kier alpha value is 0.400. The molecule has 0 saturated heterocycles. The smallest absolute Gasteiger partial charge is 0.00891 e. The Morgan fingerprint density at radius 2 is 0.824 bits per heavy atom. The first-order valence-electron chi connectivity index (χ1n) is 6.94. The largest absolute Gasteiger partial charge is 0.306 e. The minimum absolute atomic E-state index is 0. The molecule has 1 aliphatic rings. The van der Waals surface area contributed by atoms with Crippen LogP contribution in [0, 0.1) is 0 Å². The molecule has 0 unspecified atom stereocenters. The molecule has 0 aromatic rings. The van der Waals surface area contributed by atoms with E-state index >= 15 is 0 Å². The van der Waals surface area contributed by atoms with Gasteiger partial charge in [0.25, 0.3) is 0 Å². The predicted molar refractivity (Wildman–Crippen MR) is 82.2 cm³/mol. The molecule has 2 nitrogen and oxygen atoms in total. The van der Waals surface area contributed by atoms with Gasteiger partial charge in [0.15, 0.2) is 0 Å². The van der Waals surface area contributed by atoms with E-state index in [9.17, 15) is 0 Å². The van der Waals surface area contributed by atoms with Gasteiger partial charge in [0.1, 0.15) is 0 Å². The number of rotatable bonds is 2. The lowest BCUT2D eigenvalue weighted by molar-refractivity contribution is 0.215. The summed E-state index contributed by atoms with van der Waals surface area (Å²) in [6.45, 7) is 0. The zero-order valence-electron chi connectivity index (χ0n) is 12.1. The molecule has 0 amide bonds. The molecule has 0 heterocycles. The minimum atomic E-state index is 0. The molecule has 0 bridgehead atoms. The molecular weight excluding hydrogens is 276 g/mol. The van der Waals surface area contributed by atoms with Crippen LogP contribution < -0.4 is 0 Å². The van der Waals surface area contributed by atoms with Gasteiger partial charge >= 0.3 is 0 Å². The molecule has 0 aromatic heterocycles. The second-order valence-electron chi connectivity index (χ2n) is 5.80. The highest BCUT2D eigenvalue weighted by atomic mass is 79.9. The summed E-state index contributed by atoms with van der Waals surface area (Å²) in [6, 6.07) is 1.66. The Kier molecular flexibility index (Phi) is 9.57. The van der Waals surface area contributed by atoms with Crippen molar-refractivity contribution < 1.29 is 0 Å². The van der Waals surface area contributed by atoms with Crippen LogP contribution in [-0.4, -0.2) is 50.1 Å². The van der Waals surface area contributed by atoms with Crippen LogP contribution >= 0.6 is 17.0 Å². The molecule has 1 rings (SSSR count). The van der Waals surface area contributed by atoms with E-state index in [-0.39, 0.29) is 17.0 Å². The third kappa shape index (κ3) is 6.78. The van der Waals surface area contributed by atoms with Crippen molar-refractivity contribution in [1.82, 2.24) is 9.80 Å². The molecule has 0 aliphatic heterocycles. The lowest BCUT2D eigenvalue weighted by Crippen LogP contribution is -2.30. The molecular formula is C14H31BrN2. The lowest BCUT2D eigenvalue weighted by atomic mass is 9.94. The van der Waals surface area contributed by atoms with Crippen LogP contribution in [0.2, 0.25) is 0 Å². The molecule has 1 fully saturated rings. The molecule has 0 spiro atoms. The second-order valence-corrected chi connectivity index (χ2v) is 5.80. The molecule has 0 radical (unpaired) electrons. The Balaban J connectivity index is 0.00000256. The van der Waals surface area contributed by atoms with E-state index < -0.39 is 0 Å². The summed E-state index contributed by atoms with van der Waals surface area (Å²) in [7, 11) is 8.94. The summed E-state index contributed by atoms with van der Waals surface area (Å²) in [5.74, 6) is 0. The normalized spacial score (nSPS) is 27.9. The van der Waals surface area contributed by atoms with Crippen molar-refractivity contribution in [3.05, 3.63) is 0 Å². The second kappa shape index (κ2) is 9.35. The van der Waals surface area contributed by atoms with Crippen LogP contribution in [0.15, 0.2) is 0 Å². The van der Waals surface area contributed by atoms with Crippen molar-refractivity contribution in [2.45, 2.75) is 63.5 Å². The van der Waals surface area contributed by atoms with Gasteiger partial charge in [-0.15, -0.1) is 17.0 Å². The highest BCUT2D eigenvalue weighted by Crippen LogP contribution is 2.21. The summed E-state index contributed by atoms with van der Waals surface area (Å²) >= 11 is 0. The number of hydrogen-bond donors (Lipinski definition) is 0. The van der Waals surface area contributed by atoms with E-state index in [0.717, 1.165) is 12.1 Å². The first-order valence-corrected chi connectivity index (χ1v) is 6.94. The van der Waals surface area contributed by atoms with Crippen LogP contribution in [0.4, 0.5) is 0 Å². The highest BCUT2D eigenvalue weighted by Gasteiger charge is 2.16. The number of hydrogen-bond acceptors (Lipinski definition) is 2. The predicted octanol–water partition coefficient (Wildman–Crippen LogP) is 3.56. The molecule has 0 aromatic carbocycles. The molecule has 1 aliphatic carbocycles. The van der Waals surface area contributed by atoms with Crippen LogP contribution in [0.3, 0.4) is 0 Å². The van der Waals surface area contributed by atoms with Gasteiger partial charge in [-0.05, 0) is 53.9 Å². The van der Waals surface area contributed by atoms with Crippen LogP contribution in [-0.2, 0) is 0 Å². The van der Waals surface area contributed by atoms with Crippen molar-refractivity contribution in [3.8, 4) is 0 Å². The maximum absolute atomic E-state index is 2.42. The van der Waals surface area contributed by atoms with Crippen molar-refractivity contribution in [2.75, 3.05) is 28.2 Å². The summed E-state index contributed by atoms with van der Waals surface area (Å²) in [5, 5.41) is 0. The molecule has 1 saturated carbocycles. The average molecular weight is 307 g/mol. The first kappa shape index (κ1) is 17.4. The zero-order chi connectivity index (χ0) is 12.0. The van der Waals surface area contributed by atoms with E-state index in [1.54, 1.807) is 0 Å². The summed E-state index contributed by atoms with van der Waals surface area (Å²) in [6.07, 6.45) is 11.2. The summed E-state index contributed by atoms with van der Waals surface area (Å²) in [4.78, 5) is 4.84. The number of halogens is 1. The standard InChI is InChI=1S/C14H30N2.BrH/c1-15(2)13-9-5-7-11-14(16(3)4)12-8-6-10-13;/h13-14H,5-12H2,1-4H3;1H. The van der Waals surface area contributed by atoms with Crippen molar-refractivity contribution in [1.29, 1.82) is 0 Å². The van der Waals surface area contributed by atoms with Gasteiger partial charge in [0.05, 0.1) is 0 Å². The summed E-state index contributed by atoms with van der Waals surface area (Å²) < 4.78 is 0. The Bertz CT molecular complexity index is 151. The minimum Gasteiger partial charge on any atom is -0.306 e. The Labute approximate surface area is 119 Å². The molecule has 17 heavy (non-hydrogen) atoms. The fourth-order valence-electron chi connectivity index (χ4n) is 2.84. The molecule has 0 N–H and O–H groups in total. The van der Waals surface area contributed by atoms with E-state index in [1.807, 2.05) is 0 Å². The quantitative estimate of drug-likeness (QED) is 0.769. The summed E-state index contributed by atoms with van der Waals surface area (Å²) in [5.41, 5.74) is 0. The third-order valence-corrected chi connectivity index (χ3v) is 4.11. The van der Waals surface area contributed by atoms with Gasteiger partial charge in [-0.2, -0.15) is 0 Å². The third-order valence-electron chi connectivity index (χ3n) is 4.11. The number of nitrogens with zero attached hydrogens (tertiary/aromatic N) is 2. The van der Waals surface area contributed by atoms with E-state index in [0.29, 0.717) is 0 Å². The van der Waals surface area contributed by atoms with Crippen molar-refractivity contribution in [3.63, 3.8) is 0 Å². The maximum Gasteiger partial charge on any atom is 0.00891 e. The Morgan fingerprint density at radius 1 is 0.588 bits per heavy atom. The molecule has 104 valence electrons. The SMILES string of the molecule is Br.CN(C)C1CCCCC(N(C)C)CCCC1. The van der Waals surface area contributed by atoms with Gasteiger partial charge < -0.3 is 9.80 Å². The fourth-order valence-corrected chi connectivity index (χ4v) is 2.84. The van der Waals surface area contributed by atoms with Crippen LogP contribution in [0.1, 0.15) is 51.4 Å². The van der Waals surface area contributed by atoms with E-state index in [2.05, 4.69) is 38.0 Å². The van der Waals surface area contributed by atoms with Crippen molar-refractivity contribution in [2.24, 2.45) is 0 Å². The fraction of sp³-hybridized carbons (Fsp3) is 1.00. The van der Waals surface area contributed by atoms with Gasteiger partial charge in [-0.1, -0.05) is 25.7 Å². The Morgan fingerprint density at radius 3 is 1.00 bits per heavy atom. The van der Waals surface area contributed by atoms with E-state index in [1.165, 1.54) is 51.4 Å². The lowest BCUT2D eigenvalue weighted by Gasteiger charge is -2.29. The highest BCUT2D eigenvalue weighted by molar-refractivity contribution is 8.93. The van der Waals surface area contributed by atoms with Crippen LogP contribution in [0.25, 0.3) is 0 Å². The van der Waals surface area contributed by atoms with Crippen LogP contribution in [0.5, 0.6) is 0 Å². The van der Waals surface area contributed by atoms with Gasteiger partial charge in [-0.3, -0.25) is 0 Å². The maximum atomic E-state index is 2.42. The van der Waals surface area contributed by atoms with Gasteiger partial charge in [0, 0.05) is 12.1 Å². The van der Waals surface area contributed by atoms with Gasteiger partial charge in [0.2, 0.25) is 0 Å². The topological polar surface area (TPSA) is 6.48 Å². The monoisotopic (exact) mass is 306 g/mol. The average Bonchev–Trinajstić information content (AvgIpc) is 2.24. The zero-order valence-corrected chi connectivity index (χ0v) is 13.8. The van der Waals surface area contributed by atoms with Crippen molar-refractivity contribution >= 4 is 17.0 Å². The van der Waals surface area contributed by atoms with E-state index in [4.69, 9.17) is 0 Å². The molecule has 0 atom stereocenters.